The van der Waals surface area contributed by atoms with Crippen LogP contribution in [0.15, 0.2) is 79.0 Å². The van der Waals surface area contributed by atoms with Crippen molar-refractivity contribution in [2.45, 2.75) is 13.5 Å². The predicted molar refractivity (Wildman–Crippen MR) is 116 cm³/mol. The first kappa shape index (κ1) is 18.3. The maximum Gasteiger partial charge on any atom is 0.123 e. The van der Waals surface area contributed by atoms with Gasteiger partial charge in [0.15, 0.2) is 0 Å². The molecule has 2 aliphatic heterocycles. The standard InChI is InChI=1S/C25H20FN3O/c1-2-30-20-12-13-23-21(14-20)25-22(16-29(23)15-17-6-4-3-5-7-17)24(27-28-25)18-8-10-19(26)11-9-18/h3-14,16H,2,15H2,1H3. The van der Waals surface area contributed by atoms with E-state index >= 15 is 0 Å². The molecule has 3 aromatic carbocycles. The minimum atomic E-state index is -0.270. The summed E-state index contributed by atoms with van der Waals surface area (Å²) in [4.78, 5) is 0. The van der Waals surface area contributed by atoms with E-state index in [1.807, 2.05) is 37.3 Å². The van der Waals surface area contributed by atoms with Crippen molar-refractivity contribution in [3.63, 3.8) is 0 Å². The van der Waals surface area contributed by atoms with Crippen LogP contribution in [0, 0.1) is 5.82 Å². The van der Waals surface area contributed by atoms with Crippen LogP contribution in [0.4, 0.5) is 4.39 Å². The molecule has 30 heavy (non-hydrogen) atoms. The second-order valence-electron chi connectivity index (χ2n) is 7.17. The van der Waals surface area contributed by atoms with Gasteiger partial charge in [0.2, 0.25) is 0 Å². The van der Waals surface area contributed by atoms with Crippen molar-refractivity contribution in [2.75, 3.05) is 6.61 Å². The van der Waals surface area contributed by atoms with Crippen LogP contribution in [0.3, 0.4) is 0 Å². The monoisotopic (exact) mass is 397 g/mol. The van der Waals surface area contributed by atoms with E-state index in [0.29, 0.717) is 6.61 Å². The number of ether oxygens (including phenoxy) is 1. The van der Waals surface area contributed by atoms with Gasteiger partial charge in [-0.2, -0.15) is 0 Å². The van der Waals surface area contributed by atoms with Crippen LogP contribution in [0.5, 0.6) is 5.75 Å². The van der Waals surface area contributed by atoms with E-state index in [2.05, 4.69) is 39.2 Å². The highest BCUT2D eigenvalue weighted by molar-refractivity contribution is 5.98. The highest BCUT2D eigenvalue weighted by atomic mass is 19.1. The molecule has 148 valence electrons. The van der Waals surface area contributed by atoms with E-state index in [1.54, 1.807) is 12.1 Å². The molecule has 3 aromatic rings. The summed E-state index contributed by atoms with van der Waals surface area (Å²) >= 11 is 0. The third-order valence-corrected chi connectivity index (χ3v) is 5.20. The second-order valence-corrected chi connectivity index (χ2v) is 7.17. The van der Waals surface area contributed by atoms with Gasteiger partial charge in [0.25, 0.3) is 0 Å². The number of aromatic nitrogens is 3. The number of halogens is 1. The van der Waals surface area contributed by atoms with Gasteiger partial charge in [0.1, 0.15) is 23.0 Å². The van der Waals surface area contributed by atoms with Crippen LogP contribution in [0.1, 0.15) is 12.5 Å². The molecule has 0 radical (unpaired) electrons. The molecule has 2 heterocycles. The van der Waals surface area contributed by atoms with Gasteiger partial charge in [-0.05, 0) is 55.0 Å². The summed E-state index contributed by atoms with van der Waals surface area (Å²) < 4.78 is 21.4. The molecule has 0 aromatic heterocycles. The quantitative estimate of drug-likeness (QED) is 0.377. The van der Waals surface area contributed by atoms with Crippen LogP contribution < -0.4 is 4.74 Å². The molecule has 2 aliphatic rings. The number of hydrogen-bond donors (Lipinski definition) is 0. The summed E-state index contributed by atoms with van der Waals surface area (Å²) in [7, 11) is 0. The van der Waals surface area contributed by atoms with E-state index in [1.165, 1.54) is 17.7 Å². The van der Waals surface area contributed by atoms with E-state index in [9.17, 15) is 4.39 Å². The number of rotatable bonds is 5. The maximum absolute atomic E-state index is 13.4. The molecule has 4 nitrogen and oxygen atoms in total. The summed E-state index contributed by atoms with van der Waals surface area (Å²) in [6, 6.07) is 22.8. The Morgan fingerprint density at radius 1 is 0.900 bits per heavy atom. The third kappa shape index (κ3) is 3.28. The zero-order valence-corrected chi connectivity index (χ0v) is 16.5. The van der Waals surface area contributed by atoms with Gasteiger partial charge in [0.05, 0.1) is 12.1 Å². The Morgan fingerprint density at radius 3 is 2.43 bits per heavy atom. The van der Waals surface area contributed by atoms with Gasteiger partial charge < -0.3 is 9.30 Å². The summed E-state index contributed by atoms with van der Waals surface area (Å²) in [6.07, 6.45) is 2.09. The summed E-state index contributed by atoms with van der Waals surface area (Å²) in [6.45, 7) is 3.28. The molecule has 0 spiro atoms. The minimum absolute atomic E-state index is 0.270. The molecule has 5 rings (SSSR count). The average molecular weight is 397 g/mol. The lowest BCUT2D eigenvalue weighted by Crippen LogP contribution is -2.04. The Morgan fingerprint density at radius 2 is 1.67 bits per heavy atom. The summed E-state index contributed by atoms with van der Waals surface area (Å²) in [5.41, 5.74) is 5.59. The fraction of sp³-hybridized carbons (Fsp3) is 0.120. The molecule has 0 amide bonds. The summed E-state index contributed by atoms with van der Waals surface area (Å²) in [5, 5.41) is 9.91. The van der Waals surface area contributed by atoms with Crippen LogP contribution >= 0.6 is 0 Å². The van der Waals surface area contributed by atoms with Crippen molar-refractivity contribution in [1.82, 2.24) is 14.8 Å². The van der Waals surface area contributed by atoms with Crippen LogP contribution in [0.2, 0.25) is 0 Å². The molecule has 0 saturated heterocycles. The Hall–Kier alpha value is -3.73. The van der Waals surface area contributed by atoms with Crippen molar-refractivity contribution >= 4 is 10.9 Å². The maximum atomic E-state index is 13.4. The first-order valence-electron chi connectivity index (χ1n) is 9.95. The van der Waals surface area contributed by atoms with Gasteiger partial charge in [0, 0.05) is 29.3 Å². The number of benzene rings is 3. The number of nitrogens with zero attached hydrogens (tertiary/aromatic N) is 3. The minimum Gasteiger partial charge on any atom is -0.494 e. The molecule has 0 bridgehead atoms. The van der Waals surface area contributed by atoms with Crippen molar-refractivity contribution in [2.24, 2.45) is 0 Å². The number of fused-ring (bicyclic) bond motifs is 3. The molecular weight excluding hydrogens is 377 g/mol. The van der Waals surface area contributed by atoms with Gasteiger partial charge in [-0.1, -0.05) is 30.3 Å². The number of hydrogen-bond acceptors (Lipinski definition) is 3. The van der Waals surface area contributed by atoms with Crippen LogP contribution in [-0.2, 0) is 6.54 Å². The largest absolute Gasteiger partial charge is 0.494 e. The van der Waals surface area contributed by atoms with Gasteiger partial charge >= 0.3 is 0 Å². The highest BCUT2D eigenvalue weighted by Crippen LogP contribution is 2.38. The zero-order valence-electron chi connectivity index (χ0n) is 16.5. The van der Waals surface area contributed by atoms with E-state index < -0.39 is 0 Å². The van der Waals surface area contributed by atoms with Gasteiger partial charge in [-0.15, -0.1) is 10.2 Å². The SMILES string of the molecule is CCOc1ccc2c(c1)c1nnc(-c3ccc(F)cc3)c-1cn2Cc1ccccc1. The lowest BCUT2D eigenvalue weighted by molar-refractivity contribution is 0.340. The Bertz CT molecular complexity index is 1280. The summed E-state index contributed by atoms with van der Waals surface area (Å²) in [5.74, 6) is 0.531. The van der Waals surface area contributed by atoms with E-state index in [-0.39, 0.29) is 5.82 Å². The van der Waals surface area contributed by atoms with E-state index in [4.69, 9.17) is 4.74 Å². The third-order valence-electron chi connectivity index (χ3n) is 5.20. The molecule has 0 aliphatic carbocycles. The Labute approximate surface area is 173 Å². The van der Waals surface area contributed by atoms with Crippen molar-refractivity contribution < 1.29 is 9.13 Å². The fourth-order valence-corrected chi connectivity index (χ4v) is 3.81. The van der Waals surface area contributed by atoms with E-state index in [0.717, 1.165) is 45.7 Å². The highest BCUT2D eigenvalue weighted by Gasteiger charge is 2.20. The molecule has 0 atom stereocenters. The van der Waals surface area contributed by atoms with Crippen molar-refractivity contribution in [3.05, 3.63) is 90.4 Å². The average Bonchev–Trinajstić information content (AvgIpc) is 3.19. The first-order valence-corrected chi connectivity index (χ1v) is 9.95. The molecule has 0 N–H and O–H groups in total. The van der Waals surface area contributed by atoms with Crippen LogP contribution in [-0.4, -0.2) is 21.4 Å². The lowest BCUT2D eigenvalue weighted by atomic mass is 10.0. The fourth-order valence-electron chi connectivity index (χ4n) is 3.81. The molecule has 0 unspecified atom stereocenters. The Balaban J connectivity index is 1.73. The van der Waals surface area contributed by atoms with Crippen molar-refractivity contribution in [1.29, 1.82) is 0 Å². The lowest BCUT2D eigenvalue weighted by Gasteiger charge is -2.16. The molecular formula is C25H20FN3O. The number of pyridine rings is 1. The molecule has 0 fully saturated rings. The van der Waals surface area contributed by atoms with Crippen molar-refractivity contribution in [3.8, 4) is 28.3 Å². The second kappa shape index (κ2) is 7.59. The zero-order chi connectivity index (χ0) is 20.5. The van der Waals surface area contributed by atoms with Gasteiger partial charge in [-0.3, -0.25) is 0 Å². The predicted octanol–water partition coefficient (Wildman–Crippen LogP) is 5.79. The molecule has 0 saturated carbocycles. The van der Waals surface area contributed by atoms with Gasteiger partial charge in [-0.25, -0.2) is 4.39 Å². The Kier molecular flexibility index (Phi) is 4.64. The van der Waals surface area contributed by atoms with Crippen LogP contribution in [0.25, 0.3) is 33.4 Å². The smallest absolute Gasteiger partial charge is 0.123 e. The topological polar surface area (TPSA) is 39.9 Å². The first-order chi connectivity index (χ1) is 14.7. The molecule has 5 heteroatoms. The normalized spacial score (nSPS) is 11.3.